The lowest BCUT2D eigenvalue weighted by atomic mass is 10.1. The zero-order valence-electron chi connectivity index (χ0n) is 13.3. The van der Waals surface area contributed by atoms with E-state index in [4.69, 9.17) is 0 Å². The van der Waals surface area contributed by atoms with Crippen LogP contribution in [0.1, 0.15) is 27.9 Å². The highest BCUT2D eigenvalue weighted by Crippen LogP contribution is 2.23. The minimum atomic E-state index is -2.66. The molecule has 1 amide bonds. The number of halogens is 2. The number of para-hydroxylation sites is 1. The van der Waals surface area contributed by atoms with Gasteiger partial charge in [0.05, 0.1) is 0 Å². The summed E-state index contributed by atoms with van der Waals surface area (Å²) in [5.41, 5.74) is 2.04. The van der Waals surface area contributed by atoms with Gasteiger partial charge in [0.15, 0.2) is 0 Å². The number of nitrogens with zero attached hydrogens (tertiary/aromatic N) is 1. The highest BCUT2D eigenvalue weighted by molar-refractivity contribution is 5.95. The molecular formula is C19H18F2N2O. The van der Waals surface area contributed by atoms with E-state index in [-0.39, 0.29) is 11.1 Å². The van der Waals surface area contributed by atoms with Crippen LogP contribution in [0.5, 0.6) is 0 Å². The van der Waals surface area contributed by atoms with Crippen molar-refractivity contribution in [3.63, 3.8) is 0 Å². The molecule has 0 spiro atoms. The fraction of sp³-hybridized carbons (Fsp3) is 0.211. The molecular weight excluding hydrogens is 310 g/mol. The lowest BCUT2D eigenvalue weighted by Gasteiger charge is -2.09. The van der Waals surface area contributed by atoms with Gasteiger partial charge in [-0.2, -0.15) is 0 Å². The van der Waals surface area contributed by atoms with Gasteiger partial charge in [0, 0.05) is 41.8 Å². The summed E-state index contributed by atoms with van der Waals surface area (Å²) in [6.45, 7) is 0.393. The topological polar surface area (TPSA) is 34.0 Å². The van der Waals surface area contributed by atoms with Gasteiger partial charge in [0.2, 0.25) is 0 Å². The number of aromatic nitrogens is 1. The van der Waals surface area contributed by atoms with Gasteiger partial charge in [-0.1, -0.05) is 36.4 Å². The molecule has 2 aromatic carbocycles. The molecule has 0 aliphatic heterocycles. The van der Waals surface area contributed by atoms with Crippen molar-refractivity contribution in [2.24, 2.45) is 7.05 Å². The molecule has 5 heteroatoms. The second kappa shape index (κ2) is 6.83. The van der Waals surface area contributed by atoms with Gasteiger partial charge in [-0.25, -0.2) is 8.78 Å². The van der Waals surface area contributed by atoms with Crippen LogP contribution < -0.4 is 5.32 Å². The first-order valence-electron chi connectivity index (χ1n) is 7.76. The van der Waals surface area contributed by atoms with Crippen LogP contribution >= 0.6 is 0 Å². The molecule has 0 saturated carbocycles. The van der Waals surface area contributed by atoms with Crippen molar-refractivity contribution < 1.29 is 13.6 Å². The number of hydrogen-bond acceptors (Lipinski definition) is 1. The molecule has 3 rings (SSSR count). The van der Waals surface area contributed by atoms with Gasteiger partial charge in [0.1, 0.15) is 0 Å². The summed E-state index contributed by atoms with van der Waals surface area (Å²) in [6.07, 6.45) is 0.0124. The molecule has 3 nitrogen and oxygen atoms in total. The lowest BCUT2D eigenvalue weighted by molar-refractivity contribution is 0.0940. The average molecular weight is 328 g/mol. The molecule has 0 atom stereocenters. The van der Waals surface area contributed by atoms with E-state index in [0.717, 1.165) is 16.5 Å². The van der Waals surface area contributed by atoms with E-state index in [9.17, 15) is 13.6 Å². The van der Waals surface area contributed by atoms with Gasteiger partial charge in [0.25, 0.3) is 12.3 Å². The van der Waals surface area contributed by atoms with Gasteiger partial charge in [-0.3, -0.25) is 4.79 Å². The van der Waals surface area contributed by atoms with Crippen molar-refractivity contribution in [1.29, 1.82) is 0 Å². The quantitative estimate of drug-likeness (QED) is 0.752. The number of amides is 1. The molecule has 124 valence electrons. The van der Waals surface area contributed by atoms with E-state index < -0.39 is 12.3 Å². The number of nitrogens with one attached hydrogen (secondary N) is 1. The van der Waals surface area contributed by atoms with Crippen molar-refractivity contribution >= 4 is 16.8 Å². The SMILES string of the molecule is Cn1cc(CCNC(=O)c2ccccc2C(F)F)c2ccccc21. The summed E-state index contributed by atoms with van der Waals surface area (Å²) in [5, 5.41) is 3.88. The second-order valence-electron chi connectivity index (χ2n) is 5.68. The maximum Gasteiger partial charge on any atom is 0.264 e. The summed E-state index contributed by atoms with van der Waals surface area (Å²) in [7, 11) is 1.98. The standard InChI is InChI=1S/C19H18F2N2O/c1-23-12-13(14-6-4-5-9-17(14)23)10-11-22-19(24)16-8-3-2-7-15(16)18(20)21/h2-9,12,18H,10-11H2,1H3,(H,22,24). The lowest BCUT2D eigenvalue weighted by Crippen LogP contribution is -2.26. The van der Waals surface area contributed by atoms with Crippen LogP contribution in [0.4, 0.5) is 8.78 Å². The van der Waals surface area contributed by atoms with Gasteiger partial charge in [-0.05, 0) is 24.1 Å². The zero-order valence-corrected chi connectivity index (χ0v) is 13.3. The Morgan fingerprint density at radius 2 is 1.83 bits per heavy atom. The van der Waals surface area contributed by atoms with Crippen LogP contribution in [0.3, 0.4) is 0 Å². The molecule has 1 N–H and O–H groups in total. The molecule has 1 heterocycles. The Hall–Kier alpha value is -2.69. The highest BCUT2D eigenvalue weighted by Gasteiger charge is 2.17. The van der Waals surface area contributed by atoms with E-state index in [1.54, 1.807) is 6.07 Å². The number of carbonyl (C=O) groups is 1. The van der Waals surface area contributed by atoms with E-state index in [0.29, 0.717) is 13.0 Å². The minimum Gasteiger partial charge on any atom is -0.352 e. The molecule has 0 bridgehead atoms. The third-order valence-corrected chi connectivity index (χ3v) is 4.10. The van der Waals surface area contributed by atoms with Crippen LogP contribution in [0, 0.1) is 0 Å². The predicted octanol–water partition coefficient (Wildman–Crippen LogP) is 4.09. The molecule has 0 radical (unpaired) electrons. The largest absolute Gasteiger partial charge is 0.352 e. The average Bonchev–Trinajstić information content (AvgIpc) is 2.91. The number of fused-ring (bicyclic) bond motifs is 1. The Labute approximate surface area is 138 Å². The van der Waals surface area contributed by atoms with Crippen LogP contribution in [0.25, 0.3) is 10.9 Å². The van der Waals surface area contributed by atoms with Crippen LogP contribution in [0.2, 0.25) is 0 Å². The summed E-state index contributed by atoms with van der Waals surface area (Å²) in [4.78, 5) is 12.2. The number of carbonyl (C=O) groups excluding carboxylic acids is 1. The van der Waals surface area contributed by atoms with Crippen molar-refractivity contribution in [3.05, 3.63) is 71.4 Å². The zero-order chi connectivity index (χ0) is 17.1. The maximum absolute atomic E-state index is 13.0. The Kier molecular flexibility index (Phi) is 4.60. The maximum atomic E-state index is 13.0. The van der Waals surface area contributed by atoms with Gasteiger partial charge in [-0.15, -0.1) is 0 Å². The summed E-state index contributed by atoms with van der Waals surface area (Å²) < 4.78 is 28.0. The third kappa shape index (κ3) is 3.15. The van der Waals surface area contributed by atoms with Crippen LogP contribution in [-0.2, 0) is 13.5 Å². The predicted molar refractivity (Wildman–Crippen MR) is 90.4 cm³/mol. The molecule has 3 aromatic rings. The monoisotopic (exact) mass is 328 g/mol. The molecule has 24 heavy (non-hydrogen) atoms. The van der Waals surface area contributed by atoms with E-state index in [1.165, 1.54) is 18.2 Å². The molecule has 1 aromatic heterocycles. The highest BCUT2D eigenvalue weighted by atomic mass is 19.3. The Balaban J connectivity index is 1.69. The van der Waals surface area contributed by atoms with Crippen molar-refractivity contribution in [2.45, 2.75) is 12.8 Å². The summed E-state index contributed by atoms with van der Waals surface area (Å²) >= 11 is 0. The van der Waals surface area contributed by atoms with Gasteiger partial charge >= 0.3 is 0 Å². The first-order valence-corrected chi connectivity index (χ1v) is 7.76. The number of aryl methyl sites for hydroxylation is 1. The van der Waals surface area contributed by atoms with E-state index >= 15 is 0 Å². The molecule has 0 aliphatic carbocycles. The first kappa shape index (κ1) is 16.2. The molecule has 0 aliphatic rings. The Bertz CT molecular complexity index is 871. The first-order chi connectivity index (χ1) is 11.6. The minimum absolute atomic E-state index is 0.0328. The number of rotatable bonds is 5. The Morgan fingerprint density at radius 1 is 1.12 bits per heavy atom. The number of alkyl halides is 2. The van der Waals surface area contributed by atoms with Crippen molar-refractivity contribution in [1.82, 2.24) is 9.88 Å². The molecule has 0 unspecified atom stereocenters. The fourth-order valence-electron chi connectivity index (χ4n) is 2.92. The third-order valence-electron chi connectivity index (χ3n) is 4.10. The van der Waals surface area contributed by atoms with Crippen LogP contribution in [-0.4, -0.2) is 17.0 Å². The number of hydrogen-bond donors (Lipinski definition) is 1. The van der Waals surface area contributed by atoms with Crippen LogP contribution in [0.15, 0.2) is 54.7 Å². The van der Waals surface area contributed by atoms with Crippen molar-refractivity contribution in [3.8, 4) is 0 Å². The number of benzene rings is 2. The van der Waals surface area contributed by atoms with E-state index in [1.807, 2.05) is 42.1 Å². The van der Waals surface area contributed by atoms with E-state index in [2.05, 4.69) is 5.32 Å². The van der Waals surface area contributed by atoms with Gasteiger partial charge < -0.3 is 9.88 Å². The second-order valence-corrected chi connectivity index (χ2v) is 5.68. The normalized spacial score (nSPS) is 11.2. The summed E-state index contributed by atoms with van der Waals surface area (Å²) in [6, 6.07) is 13.8. The fourth-order valence-corrected chi connectivity index (χ4v) is 2.92. The Morgan fingerprint density at radius 3 is 2.62 bits per heavy atom. The smallest absolute Gasteiger partial charge is 0.264 e. The molecule has 0 fully saturated rings. The molecule has 0 saturated heterocycles. The summed E-state index contributed by atoms with van der Waals surface area (Å²) in [5.74, 6) is -0.467. The van der Waals surface area contributed by atoms with Crippen molar-refractivity contribution in [2.75, 3.05) is 6.54 Å².